The van der Waals surface area contributed by atoms with E-state index < -0.39 is 10.0 Å². The smallest absolute Gasteiger partial charge is 0.251 e. The Labute approximate surface area is 157 Å². The van der Waals surface area contributed by atoms with Gasteiger partial charge in [0.15, 0.2) is 0 Å². The van der Waals surface area contributed by atoms with E-state index in [0.29, 0.717) is 37.2 Å². The Morgan fingerprint density at radius 1 is 1.15 bits per heavy atom. The third-order valence-electron chi connectivity index (χ3n) is 4.60. The molecule has 0 unspecified atom stereocenters. The van der Waals surface area contributed by atoms with Crippen molar-refractivity contribution >= 4 is 32.7 Å². The van der Waals surface area contributed by atoms with Crippen LogP contribution in [0.3, 0.4) is 0 Å². The first kappa shape index (κ1) is 17.5. The minimum Gasteiger partial charge on any atom is -0.352 e. The minimum atomic E-state index is -3.21. The fraction of sp³-hybridized carbons (Fsp3) is 0.263. The van der Waals surface area contributed by atoms with Crippen molar-refractivity contribution in [1.82, 2.24) is 15.3 Å². The van der Waals surface area contributed by atoms with Crippen LogP contribution in [-0.2, 0) is 16.4 Å². The summed E-state index contributed by atoms with van der Waals surface area (Å²) >= 11 is 0. The molecular formula is C19H20N4O3S. The molecular weight excluding hydrogens is 364 g/mol. The number of imidazole rings is 1. The van der Waals surface area contributed by atoms with Gasteiger partial charge in [-0.05, 0) is 42.8 Å². The molecule has 0 aliphatic carbocycles. The summed E-state index contributed by atoms with van der Waals surface area (Å²) in [7, 11) is -3.21. The maximum Gasteiger partial charge on any atom is 0.251 e. The zero-order chi connectivity index (χ0) is 18.9. The largest absolute Gasteiger partial charge is 0.352 e. The van der Waals surface area contributed by atoms with Gasteiger partial charge in [-0.1, -0.05) is 12.1 Å². The van der Waals surface area contributed by atoms with Crippen molar-refractivity contribution in [1.29, 1.82) is 0 Å². The number of carbonyl (C=O) groups is 1. The van der Waals surface area contributed by atoms with E-state index in [1.54, 1.807) is 24.3 Å². The molecule has 2 aromatic carbocycles. The molecule has 7 nitrogen and oxygen atoms in total. The van der Waals surface area contributed by atoms with E-state index in [-0.39, 0.29) is 11.7 Å². The van der Waals surface area contributed by atoms with Crippen molar-refractivity contribution in [3.63, 3.8) is 0 Å². The molecule has 1 aromatic heterocycles. The highest BCUT2D eigenvalue weighted by Crippen LogP contribution is 2.24. The summed E-state index contributed by atoms with van der Waals surface area (Å²) in [5, 5.41) is 2.87. The lowest BCUT2D eigenvalue weighted by Gasteiger charge is -2.17. The highest BCUT2D eigenvalue weighted by Gasteiger charge is 2.28. The molecule has 0 saturated carbocycles. The van der Waals surface area contributed by atoms with Crippen molar-refractivity contribution in [2.75, 3.05) is 23.1 Å². The van der Waals surface area contributed by atoms with Crippen LogP contribution in [0.2, 0.25) is 0 Å². The van der Waals surface area contributed by atoms with Gasteiger partial charge in [0.25, 0.3) is 5.91 Å². The summed E-state index contributed by atoms with van der Waals surface area (Å²) in [6.07, 6.45) is 1.23. The van der Waals surface area contributed by atoms with E-state index in [1.807, 2.05) is 24.3 Å². The number of fused-ring (bicyclic) bond motifs is 1. The molecule has 27 heavy (non-hydrogen) atoms. The second kappa shape index (κ2) is 7.03. The van der Waals surface area contributed by atoms with Crippen LogP contribution in [0.1, 0.15) is 22.6 Å². The number of hydrogen-bond donors (Lipinski definition) is 2. The maximum absolute atomic E-state index is 12.3. The summed E-state index contributed by atoms with van der Waals surface area (Å²) in [5.74, 6) is 0.810. The molecule has 3 aromatic rings. The predicted octanol–water partition coefficient (Wildman–Crippen LogP) is 2.08. The van der Waals surface area contributed by atoms with Gasteiger partial charge in [0, 0.05) is 25.1 Å². The molecule has 1 amide bonds. The molecule has 140 valence electrons. The molecule has 2 N–H and O–H groups in total. The minimum absolute atomic E-state index is 0.178. The zero-order valence-corrected chi connectivity index (χ0v) is 15.5. The second-order valence-electron chi connectivity index (χ2n) is 6.50. The SMILES string of the molecule is O=C(NCCc1nc2ccccc2[nH]1)c1ccc(N2CCCS2(=O)=O)cc1. The van der Waals surface area contributed by atoms with Gasteiger partial charge >= 0.3 is 0 Å². The molecule has 1 aliphatic heterocycles. The van der Waals surface area contributed by atoms with E-state index >= 15 is 0 Å². The van der Waals surface area contributed by atoms with E-state index in [4.69, 9.17) is 0 Å². The van der Waals surface area contributed by atoms with Crippen molar-refractivity contribution < 1.29 is 13.2 Å². The van der Waals surface area contributed by atoms with Gasteiger partial charge in [0.2, 0.25) is 10.0 Å². The summed E-state index contributed by atoms with van der Waals surface area (Å²) in [4.78, 5) is 20.0. The summed E-state index contributed by atoms with van der Waals surface area (Å²) in [6, 6.07) is 14.4. The molecule has 0 radical (unpaired) electrons. The fourth-order valence-electron chi connectivity index (χ4n) is 3.23. The van der Waals surface area contributed by atoms with Gasteiger partial charge in [-0.25, -0.2) is 13.4 Å². The Kier molecular flexibility index (Phi) is 4.57. The van der Waals surface area contributed by atoms with Crippen molar-refractivity contribution in [3.8, 4) is 0 Å². The van der Waals surface area contributed by atoms with E-state index in [9.17, 15) is 13.2 Å². The Bertz CT molecular complexity index is 1040. The average Bonchev–Trinajstić information content (AvgIpc) is 3.23. The molecule has 2 heterocycles. The number of aromatic nitrogens is 2. The Morgan fingerprint density at radius 3 is 2.63 bits per heavy atom. The molecule has 4 rings (SSSR count). The van der Waals surface area contributed by atoms with Gasteiger partial charge in [-0.3, -0.25) is 9.10 Å². The Morgan fingerprint density at radius 2 is 1.93 bits per heavy atom. The molecule has 1 aliphatic rings. The van der Waals surface area contributed by atoms with Crippen LogP contribution in [0.25, 0.3) is 11.0 Å². The number of anilines is 1. The van der Waals surface area contributed by atoms with E-state index in [2.05, 4.69) is 15.3 Å². The van der Waals surface area contributed by atoms with Crippen LogP contribution >= 0.6 is 0 Å². The number of carbonyl (C=O) groups excluding carboxylic acids is 1. The van der Waals surface area contributed by atoms with Crippen molar-refractivity contribution in [3.05, 3.63) is 59.9 Å². The lowest BCUT2D eigenvalue weighted by molar-refractivity contribution is 0.0954. The summed E-state index contributed by atoms with van der Waals surface area (Å²) in [5.41, 5.74) is 2.99. The van der Waals surface area contributed by atoms with Gasteiger partial charge in [-0.2, -0.15) is 0 Å². The molecule has 0 spiro atoms. The van der Waals surface area contributed by atoms with E-state index in [0.717, 1.165) is 16.9 Å². The van der Waals surface area contributed by atoms with Gasteiger partial charge in [0.1, 0.15) is 5.82 Å². The second-order valence-corrected chi connectivity index (χ2v) is 8.51. The normalized spacial score (nSPS) is 15.9. The van der Waals surface area contributed by atoms with Crippen molar-refractivity contribution in [2.45, 2.75) is 12.8 Å². The van der Waals surface area contributed by atoms with Crippen LogP contribution in [0.5, 0.6) is 0 Å². The standard InChI is InChI=1S/C19H20N4O3S/c24-19(20-11-10-18-21-16-4-1-2-5-17(16)22-18)14-6-8-15(9-7-14)23-12-3-13-27(23,25)26/h1-2,4-9H,3,10-13H2,(H,20,24)(H,21,22). The third-order valence-corrected chi connectivity index (χ3v) is 6.47. The predicted molar refractivity (Wildman–Crippen MR) is 104 cm³/mol. The molecule has 0 bridgehead atoms. The number of hydrogen-bond acceptors (Lipinski definition) is 4. The fourth-order valence-corrected chi connectivity index (χ4v) is 4.79. The number of rotatable bonds is 5. The van der Waals surface area contributed by atoms with Crippen LogP contribution in [-0.4, -0.2) is 43.1 Å². The number of para-hydroxylation sites is 2. The van der Waals surface area contributed by atoms with Crippen LogP contribution in [0.4, 0.5) is 5.69 Å². The van der Waals surface area contributed by atoms with Gasteiger partial charge in [0.05, 0.1) is 22.5 Å². The number of H-pyrrole nitrogens is 1. The van der Waals surface area contributed by atoms with Crippen LogP contribution < -0.4 is 9.62 Å². The zero-order valence-electron chi connectivity index (χ0n) is 14.7. The van der Waals surface area contributed by atoms with Gasteiger partial charge < -0.3 is 10.3 Å². The lowest BCUT2D eigenvalue weighted by atomic mass is 10.2. The van der Waals surface area contributed by atoms with Gasteiger partial charge in [-0.15, -0.1) is 0 Å². The number of nitrogens with one attached hydrogen (secondary N) is 2. The molecule has 1 saturated heterocycles. The Balaban J connectivity index is 1.35. The highest BCUT2D eigenvalue weighted by atomic mass is 32.2. The van der Waals surface area contributed by atoms with Crippen LogP contribution in [0.15, 0.2) is 48.5 Å². The Hall–Kier alpha value is -2.87. The quantitative estimate of drug-likeness (QED) is 0.704. The number of sulfonamides is 1. The molecule has 0 atom stereocenters. The first-order chi connectivity index (χ1) is 13.0. The van der Waals surface area contributed by atoms with E-state index in [1.165, 1.54) is 4.31 Å². The van der Waals surface area contributed by atoms with Crippen LogP contribution in [0, 0.1) is 0 Å². The highest BCUT2D eigenvalue weighted by molar-refractivity contribution is 7.93. The molecule has 8 heteroatoms. The monoisotopic (exact) mass is 384 g/mol. The summed E-state index contributed by atoms with van der Waals surface area (Å²) < 4.78 is 25.3. The number of nitrogens with zero attached hydrogens (tertiary/aromatic N) is 2. The lowest BCUT2D eigenvalue weighted by Crippen LogP contribution is -2.27. The number of amides is 1. The first-order valence-electron chi connectivity index (χ1n) is 8.85. The number of aromatic amines is 1. The topological polar surface area (TPSA) is 95.2 Å². The maximum atomic E-state index is 12.3. The third kappa shape index (κ3) is 3.66. The molecule has 1 fully saturated rings. The average molecular weight is 384 g/mol. The number of benzene rings is 2. The summed E-state index contributed by atoms with van der Waals surface area (Å²) in [6.45, 7) is 0.951. The first-order valence-corrected chi connectivity index (χ1v) is 10.5. The van der Waals surface area contributed by atoms with Crippen molar-refractivity contribution in [2.24, 2.45) is 0 Å².